The summed E-state index contributed by atoms with van der Waals surface area (Å²) in [5.74, 6) is 0. The number of carbonyl (C=O) groups is 1. The number of halogens is 3. The number of carboxylic acid groups (broad SMARTS) is 1. The highest BCUT2D eigenvalue weighted by atomic mass is 19.4. The second-order valence-corrected chi connectivity index (χ2v) is 8.29. The highest BCUT2D eigenvalue weighted by molar-refractivity contribution is 5.60. The van der Waals surface area contributed by atoms with Gasteiger partial charge in [0.05, 0.1) is 16.2 Å². The molecule has 3 aromatic rings. The molecule has 1 atom stereocenters. The Morgan fingerprint density at radius 2 is 1.55 bits per heavy atom. The maximum absolute atomic E-state index is 12.9. The van der Waals surface area contributed by atoms with Crippen molar-refractivity contribution in [2.75, 3.05) is 0 Å². The zero-order valence-corrected chi connectivity index (χ0v) is 17.8. The van der Waals surface area contributed by atoms with Crippen molar-refractivity contribution in [3.63, 3.8) is 0 Å². The molecular weight excluding hydrogens is 443 g/mol. The van der Waals surface area contributed by atoms with Gasteiger partial charge in [0.25, 0.3) is 5.69 Å². The predicted octanol–water partition coefficient (Wildman–Crippen LogP) is 5.92. The second kappa shape index (κ2) is 8.23. The molecule has 174 valence electrons. The van der Waals surface area contributed by atoms with E-state index < -0.39 is 34.0 Å². The number of nitro groups is 1. The van der Waals surface area contributed by atoms with Crippen LogP contribution in [0, 0.1) is 15.5 Å². The van der Waals surface area contributed by atoms with Crippen LogP contribution in [0.15, 0.2) is 60.8 Å². The van der Waals surface area contributed by atoms with Gasteiger partial charge in [0.15, 0.2) is 0 Å². The average Bonchev–Trinajstić information content (AvgIpc) is 3.21. The molecule has 0 radical (unpaired) electrons. The maximum Gasteiger partial charge on any atom is 0.508 e. The summed E-state index contributed by atoms with van der Waals surface area (Å²) in [5, 5.41) is 25.0. The molecule has 0 saturated carbocycles. The lowest BCUT2D eigenvalue weighted by Crippen LogP contribution is -2.50. The first-order valence-electron chi connectivity index (χ1n) is 9.66. The SMILES string of the molecule is CC(C)(C)[C@](OC(=O)O)(c1ccc([N+](=O)[O-])cc1)n1ccc(-c2ccc(C(F)(F)F)cc2)n1. The Balaban J connectivity index is 2.15. The molecule has 0 aliphatic heterocycles. The third-order valence-corrected chi connectivity index (χ3v) is 5.14. The summed E-state index contributed by atoms with van der Waals surface area (Å²) in [6.45, 7) is 5.12. The largest absolute Gasteiger partial charge is 0.508 e. The number of hydrogen-bond acceptors (Lipinski definition) is 5. The van der Waals surface area contributed by atoms with Crippen LogP contribution in [0.4, 0.5) is 23.7 Å². The van der Waals surface area contributed by atoms with Gasteiger partial charge in [-0.2, -0.15) is 18.3 Å². The van der Waals surface area contributed by atoms with Crippen molar-refractivity contribution in [2.24, 2.45) is 5.41 Å². The lowest BCUT2D eigenvalue weighted by atomic mass is 9.78. The first-order valence-corrected chi connectivity index (χ1v) is 9.66. The normalized spacial score (nSPS) is 13.9. The van der Waals surface area contributed by atoms with Crippen LogP contribution < -0.4 is 0 Å². The molecule has 1 aromatic heterocycles. The van der Waals surface area contributed by atoms with Crippen molar-refractivity contribution in [2.45, 2.75) is 32.7 Å². The summed E-state index contributed by atoms with van der Waals surface area (Å²) in [7, 11) is 0. The van der Waals surface area contributed by atoms with E-state index in [1.165, 1.54) is 53.3 Å². The maximum atomic E-state index is 12.9. The Hall–Kier alpha value is -3.89. The van der Waals surface area contributed by atoms with E-state index in [2.05, 4.69) is 5.10 Å². The standard InChI is InChI=1S/C22H20F3N3O5/c1-20(2,3)21(33-19(29)30,15-8-10-17(11-9-15)28(31)32)27-13-12-18(26-27)14-4-6-16(7-5-14)22(23,24)25/h4-13H,1-3H3,(H,29,30)/t21-/m1/s1. The molecule has 33 heavy (non-hydrogen) atoms. The van der Waals surface area contributed by atoms with Gasteiger partial charge in [0.2, 0.25) is 5.72 Å². The predicted molar refractivity (Wildman–Crippen MR) is 111 cm³/mol. The molecule has 11 heteroatoms. The van der Waals surface area contributed by atoms with Crippen molar-refractivity contribution < 1.29 is 32.7 Å². The van der Waals surface area contributed by atoms with Gasteiger partial charge in [0.1, 0.15) is 0 Å². The van der Waals surface area contributed by atoms with Gasteiger partial charge in [-0.1, -0.05) is 32.9 Å². The molecule has 0 unspecified atom stereocenters. The zero-order chi connectivity index (χ0) is 24.6. The highest BCUT2D eigenvalue weighted by Gasteiger charge is 2.50. The minimum atomic E-state index is -4.48. The van der Waals surface area contributed by atoms with E-state index in [1.54, 1.807) is 20.8 Å². The average molecular weight is 463 g/mol. The number of ether oxygens (including phenoxy) is 1. The number of nitrogens with zero attached hydrogens (tertiary/aromatic N) is 3. The molecule has 0 aliphatic rings. The van der Waals surface area contributed by atoms with E-state index in [-0.39, 0.29) is 16.9 Å². The van der Waals surface area contributed by atoms with Gasteiger partial charge in [-0.25, -0.2) is 9.48 Å². The van der Waals surface area contributed by atoms with Crippen LogP contribution in [0.1, 0.15) is 31.9 Å². The second-order valence-electron chi connectivity index (χ2n) is 8.29. The summed E-state index contributed by atoms with van der Waals surface area (Å²) >= 11 is 0. The van der Waals surface area contributed by atoms with Crippen molar-refractivity contribution in [1.29, 1.82) is 0 Å². The van der Waals surface area contributed by atoms with Crippen LogP contribution in [0.5, 0.6) is 0 Å². The van der Waals surface area contributed by atoms with E-state index in [0.29, 0.717) is 5.56 Å². The summed E-state index contributed by atoms with van der Waals surface area (Å²) in [6.07, 6.45) is -4.64. The highest BCUT2D eigenvalue weighted by Crippen LogP contribution is 2.44. The molecule has 0 aliphatic carbocycles. The van der Waals surface area contributed by atoms with Crippen molar-refractivity contribution in [3.05, 3.63) is 82.0 Å². The zero-order valence-electron chi connectivity index (χ0n) is 17.8. The third-order valence-electron chi connectivity index (χ3n) is 5.14. The summed E-state index contributed by atoms with van der Waals surface area (Å²) in [5.41, 5.74) is -2.73. The first kappa shape index (κ1) is 23.8. The molecule has 0 bridgehead atoms. The fraction of sp³-hybridized carbons (Fsp3) is 0.273. The minimum Gasteiger partial charge on any atom is -0.450 e. The molecule has 0 spiro atoms. The Morgan fingerprint density at radius 1 is 1.00 bits per heavy atom. The fourth-order valence-corrected chi connectivity index (χ4v) is 3.59. The molecule has 0 saturated heterocycles. The molecule has 2 aromatic carbocycles. The molecule has 8 nitrogen and oxygen atoms in total. The fourth-order valence-electron chi connectivity index (χ4n) is 3.59. The van der Waals surface area contributed by atoms with Crippen LogP contribution in [0.2, 0.25) is 0 Å². The molecule has 3 rings (SSSR count). The van der Waals surface area contributed by atoms with E-state index in [0.717, 1.165) is 12.1 Å². The number of alkyl halides is 3. The number of non-ortho nitro benzene ring substituents is 1. The van der Waals surface area contributed by atoms with Crippen LogP contribution >= 0.6 is 0 Å². The number of rotatable bonds is 5. The van der Waals surface area contributed by atoms with Crippen LogP contribution in [0.25, 0.3) is 11.3 Å². The van der Waals surface area contributed by atoms with Gasteiger partial charge in [0, 0.05) is 34.9 Å². The Kier molecular flexibility index (Phi) is 5.93. The summed E-state index contributed by atoms with van der Waals surface area (Å²) in [4.78, 5) is 22.2. The summed E-state index contributed by atoms with van der Waals surface area (Å²) in [6, 6.07) is 11.1. The van der Waals surface area contributed by atoms with Gasteiger partial charge < -0.3 is 9.84 Å². The van der Waals surface area contributed by atoms with Gasteiger partial charge >= 0.3 is 12.3 Å². The minimum absolute atomic E-state index is 0.192. The molecule has 0 amide bonds. The molecule has 0 fully saturated rings. The van der Waals surface area contributed by atoms with E-state index in [9.17, 15) is 33.2 Å². The lowest BCUT2D eigenvalue weighted by molar-refractivity contribution is -0.384. The quantitative estimate of drug-likeness (QED) is 0.286. The van der Waals surface area contributed by atoms with Crippen molar-refractivity contribution >= 4 is 11.8 Å². The molecule has 1 N–H and O–H groups in total. The number of hydrogen-bond donors (Lipinski definition) is 1. The monoisotopic (exact) mass is 463 g/mol. The van der Waals surface area contributed by atoms with Crippen LogP contribution in [0.3, 0.4) is 0 Å². The van der Waals surface area contributed by atoms with Crippen molar-refractivity contribution in [1.82, 2.24) is 9.78 Å². The van der Waals surface area contributed by atoms with Crippen molar-refractivity contribution in [3.8, 4) is 11.3 Å². The van der Waals surface area contributed by atoms with Crippen LogP contribution in [-0.4, -0.2) is 26.0 Å². The topological polar surface area (TPSA) is 107 Å². The number of aromatic nitrogens is 2. The van der Waals surface area contributed by atoms with Gasteiger partial charge in [-0.3, -0.25) is 10.1 Å². The summed E-state index contributed by atoms with van der Waals surface area (Å²) < 4.78 is 45.2. The van der Waals surface area contributed by atoms with E-state index in [4.69, 9.17) is 4.74 Å². The smallest absolute Gasteiger partial charge is 0.450 e. The van der Waals surface area contributed by atoms with E-state index >= 15 is 0 Å². The Labute approximate surface area is 186 Å². The lowest BCUT2D eigenvalue weighted by Gasteiger charge is -2.43. The number of nitro benzene ring substituents is 1. The molecule has 1 heterocycles. The van der Waals surface area contributed by atoms with E-state index in [1.807, 2.05) is 0 Å². The first-order chi connectivity index (χ1) is 15.3. The molecular formula is C22H20F3N3O5. The Bertz CT molecular complexity index is 1170. The third kappa shape index (κ3) is 4.52. The van der Waals surface area contributed by atoms with Gasteiger partial charge in [-0.15, -0.1) is 0 Å². The van der Waals surface area contributed by atoms with Gasteiger partial charge in [-0.05, 0) is 30.3 Å². The van der Waals surface area contributed by atoms with Crippen LogP contribution in [-0.2, 0) is 16.6 Å². The Morgan fingerprint density at radius 3 is 2.00 bits per heavy atom. The number of benzene rings is 2.